The molecule has 0 fully saturated rings. The highest BCUT2D eigenvalue weighted by Gasteiger charge is 2.25. The van der Waals surface area contributed by atoms with Gasteiger partial charge in [0.05, 0.1) is 12.7 Å². The molecule has 0 aliphatic heterocycles. The van der Waals surface area contributed by atoms with E-state index >= 15 is 0 Å². The Bertz CT molecular complexity index is 568. The molecule has 1 heterocycles. The lowest BCUT2D eigenvalue weighted by Crippen LogP contribution is -2.11. The van der Waals surface area contributed by atoms with Crippen LogP contribution in [0, 0.1) is 0 Å². The Hall–Kier alpha value is -1.80. The molecule has 0 bridgehead atoms. The Morgan fingerprint density at radius 2 is 2.15 bits per heavy atom. The van der Waals surface area contributed by atoms with Gasteiger partial charge >= 0.3 is 0 Å². The molecule has 0 saturated heterocycles. The first-order valence-corrected chi connectivity index (χ1v) is 7.29. The summed E-state index contributed by atoms with van der Waals surface area (Å²) in [6.07, 6.45) is 6.21. The number of benzene rings is 1. The summed E-state index contributed by atoms with van der Waals surface area (Å²) in [5, 5.41) is 0. The number of aryl methyl sites for hydroxylation is 1. The highest BCUT2D eigenvalue weighted by atomic mass is 16.5. The lowest BCUT2D eigenvalue weighted by molar-refractivity contribution is 0.0422. The van der Waals surface area contributed by atoms with E-state index in [0.717, 1.165) is 49.4 Å². The molecule has 2 nitrogen and oxygen atoms in total. The van der Waals surface area contributed by atoms with Crippen LogP contribution in [0.5, 0.6) is 0 Å². The van der Waals surface area contributed by atoms with Crippen molar-refractivity contribution in [1.29, 1.82) is 0 Å². The van der Waals surface area contributed by atoms with E-state index < -0.39 is 0 Å². The van der Waals surface area contributed by atoms with Crippen LogP contribution in [0.4, 0.5) is 0 Å². The Kier molecular flexibility index (Phi) is 4.03. The Balaban J connectivity index is 1.83. The number of furan rings is 1. The van der Waals surface area contributed by atoms with Gasteiger partial charge in [0.1, 0.15) is 11.5 Å². The van der Waals surface area contributed by atoms with Gasteiger partial charge in [-0.15, -0.1) is 6.58 Å². The number of ether oxygens (including phenoxy) is 1. The standard InChI is InChI=1S/C18H20O2/c1-2-3-12-19-16-10-7-11-17-15(16)13-18(20-17)14-8-5-4-6-9-14/h2,4-6,8-9,13,16H,1,3,7,10-12H2. The molecule has 3 rings (SSSR count). The molecule has 1 aromatic heterocycles. The second-order valence-electron chi connectivity index (χ2n) is 5.18. The molecule has 20 heavy (non-hydrogen) atoms. The Morgan fingerprint density at radius 1 is 1.30 bits per heavy atom. The molecule has 0 saturated carbocycles. The summed E-state index contributed by atoms with van der Waals surface area (Å²) in [6.45, 7) is 4.47. The summed E-state index contributed by atoms with van der Waals surface area (Å²) < 4.78 is 12.0. The van der Waals surface area contributed by atoms with E-state index in [1.165, 1.54) is 5.56 Å². The number of rotatable bonds is 5. The average molecular weight is 268 g/mol. The van der Waals surface area contributed by atoms with Crippen molar-refractivity contribution in [3.8, 4) is 11.3 Å². The van der Waals surface area contributed by atoms with Gasteiger partial charge in [0.15, 0.2) is 0 Å². The Morgan fingerprint density at radius 3 is 2.95 bits per heavy atom. The fraction of sp³-hybridized carbons (Fsp3) is 0.333. The first kappa shape index (κ1) is 13.2. The Labute approximate surface area is 120 Å². The lowest BCUT2D eigenvalue weighted by Gasteiger charge is -2.21. The summed E-state index contributed by atoms with van der Waals surface area (Å²) in [6, 6.07) is 12.4. The van der Waals surface area contributed by atoms with Gasteiger partial charge in [-0.3, -0.25) is 0 Å². The molecular formula is C18H20O2. The monoisotopic (exact) mass is 268 g/mol. The van der Waals surface area contributed by atoms with Gasteiger partial charge in [0, 0.05) is 17.5 Å². The minimum absolute atomic E-state index is 0.180. The SMILES string of the molecule is C=CCCOC1CCCc2oc(-c3ccccc3)cc21. The second kappa shape index (κ2) is 6.10. The molecule has 1 aliphatic carbocycles. The molecule has 0 radical (unpaired) electrons. The first-order chi connectivity index (χ1) is 9.88. The van der Waals surface area contributed by atoms with Crippen LogP contribution in [0.25, 0.3) is 11.3 Å². The topological polar surface area (TPSA) is 22.4 Å². The van der Waals surface area contributed by atoms with Crippen molar-refractivity contribution < 1.29 is 9.15 Å². The fourth-order valence-corrected chi connectivity index (χ4v) is 2.73. The largest absolute Gasteiger partial charge is 0.461 e. The van der Waals surface area contributed by atoms with Crippen molar-refractivity contribution in [3.63, 3.8) is 0 Å². The molecule has 1 aromatic carbocycles. The van der Waals surface area contributed by atoms with Crippen LogP contribution in [0.1, 0.15) is 36.7 Å². The maximum Gasteiger partial charge on any atom is 0.134 e. The molecule has 2 heteroatoms. The first-order valence-electron chi connectivity index (χ1n) is 7.29. The van der Waals surface area contributed by atoms with Gasteiger partial charge in [-0.1, -0.05) is 36.4 Å². The van der Waals surface area contributed by atoms with Crippen LogP contribution in [-0.4, -0.2) is 6.61 Å². The number of hydrogen-bond donors (Lipinski definition) is 0. The van der Waals surface area contributed by atoms with Crippen LogP contribution in [0.2, 0.25) is 0 Å². The van der Waals surface area contributed by atoms with Crippen LogP contribution in [0.3, 0.4) is 0 Å². The summed E-state index contributed by atoms with van der Waals surface area (Å²) in [7, 11) is 0. The molecule has 0 spiro atoms. The molecular weight excluding hydrogens is 248 g/mol. The van der Waals surface area contributed by atoms with E-state index in [1.807, 2.05) is 24.3 Å². The van der Waals surface area contributed by atoms with Crippen molar-refractivity contribution in [2.75, 3.05) is 6.61 Å². The third-order valence-corrected chi connectivity index (χ3v) is 3.76. The normalized spacial score (nSPS) is 17.7. The molecule has 2 aromatic rings. The number of hydrogen-bond acceptors (Lipinski definition) is 2. The third kappa shape index (κ3) is 2.70. The van der Waals surface area contributed by atoms with Crippen molar-refractivity contribution in [2.24, 2.45) is 0 Å². The van der Waals surface area contributed by atoms with Crippen molar-refractivity contribution in [2.45, 2.75) is 31.8 Å². The number of fused-ring (bicyclic) bond motifs is 1. The van der Waals surface area contributed by atoms with Gasteiger partial charge in [-0.25, -0.2) is 0 Å². The van der Waals surface area contributed by atoms with Crippen LogP contribution in [-0.2, 0) is 11.2 Å². The van der Waals surface area contributed by atoms with Crippen LogP contribution < -0.4 is 0 Å². The summed E-state index contributed by atoms with van der Waals surface area (Å²) in [4.78, 5) is 0. The average Bonchev–Trinajstić information content (AvgIpc) is 2.93. The highest BCUT2D eigenvalue weighted by Crippen LogP contribution is 2.37. The van der Waals surface area contributed by atoms with Crippen molar-refractivity contribution in [3.05, 3.63) is 60.4 Å². The maximum atomic E-state index is 6.03. The summed E-state index contributed by atoms with van der Waals surface area (Å²) >= 11 is 0. The minimum atomic E-state index is 0.180. The van der Waals surface area contributed by atoms with E-state index in [4.69, 9.17) is 9.15 Å². The van der Waals surface area contributed by atoms with Gasteiger partial charge in [-0.05, 0) is 25.3 Å². The van der Waals surface area contributed by atoms with E-state index in [0.29, 0.717) is 0 Å². The maximum absolute atomic E-state index is 6.03. The summed E-state index contributed by atoms with van der Waals surface area (Å²) in [5.74, 6) is 2.05. The van der Waals surface area contributed by atoms with Gasteiger partial charge < -0.3 is 9.15 Å². The van der Waals surface area contributed by atoms with Crippen LogP contribution in [0.15, 0.2) is 53.5 Å². The molecule has 0 N–H and O–H groups in total. The molecule has 1 atom stereocenters. The van der Waals surface area contributed by atoms with E-state index in [-0.39, 0.29) is 6.10 Å². The van der Waals surface area contributed by atoms with Crippen molar-refractivity contribution in [1.82, 2.24) is 0 Å². The predicted octanol–water partition coefficient (Wildman–Crippen LogP) is 4.92. The van der Waals surface area contributed by atoms with Gasteiger partial charge in [0.2, 0.25) is 0 Å². The van der Waals surface area contributed by atoms with E-state index in [1.54, 1.807) is 0 Å². The van der Waals surface area contributed by atoms with Crippen molar-refractivity contribution >= 4 is 0 Å². The van der Waals surface area contributed by atoms with Gasteiger partial charge in [0.25, 0.3) is 0 Å². The second-order valence-corrected chi connectivity index (χ2v) is 5.18. The third-order valence-electron chi connectivity index (χ3n) is 3.76. The quantitative estimate of drug-likeness (QED) is 0.567. The summed E-state index contributed by atoms with van der Waals surface area (Å²) in [5.41, 5.74) is 2.37. The smallest absolute Gasteiger partial charge is 0.134 e. The lowest BCUT2D eigenvalue weighted by atomic mass is 9.95. The van der Waals surface area contributed by atoms with Crippen LogP contribution >= 0.6 is 0 Å². The molecule has 104 valence electrons. The van der Waals surface area contributed by atoms with Gasteiger partial charge in [-0.2, -0.15) is 0 Å². The zero-order valence-corrected chi connectivity index (χ0v) is 11.7. The van der Waals surface area contributed by atoms with E-state index in [9.17, 15) is 0 Å². The zero-order chi connectivity index (χ0) is 13.8. The molecule has 1 aliphatic rings. The predicted molar refractivity (Wildman–Crippen MR) is 80.6 cm³/mol. The van der Waals surface area contributed by atoms with E-state index in [2.05, 4.69) is 24.8 Å². The fourth-order valence-electron chi connectivity index (χ4n) is 2.73. The molecule has 1 unspecified atom stereocenters. The highest BCUT2D eigenvalue weighted by molar-refractivity contribution is 5.59. The minimum Gasteiger partial charge on any atom is -0.461 e. The molecule has 0 amide bonds. The zero-order valence-electron chi connectivity index (χ0n) is 11.7.